The Morgan fingerprint density at radius 2 is 1.62 bits per heavy atom. The summed E-state index contributed by atoms with van der Waals surface area (Å²) in [5, 5.41) is 15.6. The molecule has 0 aromatic heterocycles. The predicted molar refractivity (Wildman–Crippen MR) is 49.3 cm³/mol. The van der Waals surface area contributed by atoms with Crippen LogP contribution in [-0.4, -0.2) is 34.1 Å². The molecule has 0 atom stereocenters. The first-order chi connectivity index (χ1) is 7.32. The summed E-state index contributed by atoms with van der Waals surface area (Å²) in [7, 11) is 0. The first-order valence-corrected chi connectivity index (χ1v) is 3.89. The van der Waals surface area contributed by atoms with E-state index in [0.29, 0.717) is 12.2 Å². The molecule has 1 aliphatic rings. The van der Waals surface area contributed by atoms with Crippen LogP contribution >= 0.6 is 0 Å². The molecule has 1 heterocycles. The molecule has 0 aromatic carbocycles. The van der Waals surface area contributed by atoms with E-state index in [-0.39, 0.29) is 12.0 Å². The van der Waals surface area contributed by atoms with Crippen molar-refractivity contribution >= 4 is 23.9 Å². The maximum Gasteiger partial charge on any atom is 0.341 e. The van der Waals surface area contributed by atoms with Gasteiger partial charge in [0.25, 0.3) is 0 Å². The molecule has 1 rings (SSSR count). The zero-order chi connectivity index (χ0) is 12.7. The van der Waals surface area contributed by atoms with Crippen molar-refractivity contribution in [2.45, 2.75) is 6.42 Å². The molecule has 7 nitrogen and oxygen atoms in total. The molecule has 0 radical (unpaired) electrons. The minimum atomic E-state index is -1.26. The van der Waals surface area contributed by atoms with E-state index in [1.54, 1.807) is 0 Å². The first kappa shape index (κ1) is 13.6. The topological polar surface area (TPSA) is 118 Å². The highest BCUT2D eigenvalue weighted by atomic mass is 16.6. The minimum Gasteiger partial charge on any atom is -0.478 e. The summed E-state index contributed by atoms with van der Waals surface area (Å²) in [4.78, 5) is 39.5. The molecule has 86 valence electrons. The fraction of sp³-hybridized carbons (Fsp3) is 0.111. The van der Waals surface area contributed by atoms with Gasteiger partial charge in [-0.2, -0.15) is 0 Å². The number of carbonyl (C=O) groups is 4. The molecule has 0 spiro atoms. The number of hydrogen-bond acceptors (Lipinski definition) is 5. The Bertz CT molecular complexity index is 343. The number of carboxylic acid groups (broad SMARTS) is 2. The summed E-state index contributed by atoms with van der Waals surface area (Å²) >= 11 is 0. The van der Waals surface area contributed by atoms with Gasteiger partial charge in [0.2, 0.25) is 0 Å². The molecule has 0 amide bonds. The SMILES string of the molecule is C=C1CC(=O)OC1=O.O=C(O)/C=C\C(=O)O. The number of cyclic esters (lactones) is 2. The number of rotatable bonds is 2. The largest absolute Gasteiger partial charge is 0.478 e. The molecular weight excluding hydrogens is 220 g/mol. The predicted octanol–water partition coefficient (Wildman–Crippen LogP) is -0.272. The fourth-order valence-electron chi connectivity index (χ4n) is 0.601. The summed E-state index contributed by atoms with van der Waals surface area (Å²) in [5.41, 5.74) is 0.245. The molecule has 2 N–H and O–H groups in total. The Kier molecular flexibility index (Phi) is 5.19. The van der Waals surface area contributed by atoms with Crippen molar-refractivity contribution in [2.75, 3.05) is 0 Å². The Hall–Kier alpha value is -2.44. The number of carboxylic acids is 2. The number of hydrogen-bond donors (Lipinski definition) is 2. The Balaban J connectivity index is 0.000000281. The Morgan fingerprint density at radius 1 is 1.19 bits per heavy atom. The van der Waals surface area contributed by atoms with Gasteiger partial charge in [-0.1, -0.05) is 6.58 Å². The van der Waals surface area contributed by atoms with E-state index in [4.69, 9.17) is 10.2 Å². The zero-order valence-electron chi connectivity index (χ0n) is 8.00. The van der Waals surface area contributed by atoms with Crippen LogP contribution in [-0.2, 0) is 23.9 Å². The van der Waals surface area contributed by atoms with Crippen LogP contribution in [0.15, 0.2) is 24.3 Å². The highest BCUT2D eigenvalue weighted by Crippen LogP contribution is 2.10. The molecule has 0 bridgehead atoms. The second-order valence-corrected chi connectivity index (χ2v) is 2.55. The van der Waals surface area contributed by atoms with Crippen molar-refractivity contribution in [1.29, 1.82) is 0 Å². The van der Waals surface area contributed by atoms with E-state index < -0.39 is 23.9 Å². The third-order valence-corrected chi connectivity index (χ3v) is 1.22. The zero-order valence-corrected chi connectivity index (χ0v) is 8.00. The molecule has 1 saturated heterocycles. The fourth-order valence-corrected chi connectivity index (χ4v) is 0.601. The molecule has 7 heteroatoms. The summed E-state index contributed by atoms with van der Waals surface area (Å²) < 4.78 is 4.10. The van der Waals surface area contributed by atoms with Crippen LogP contribution in [0.5, 0.6) is 0 Å². The van der Waals surface area contributed by atoms with Crippen LogP contribution < -0.4 is 0 Å². The normalized spacial score (nSPS) is 14.4. The third kappa shape index (κ3) is 6.08. The lowest BCUT2D eigenvalue weighted by Gasteiger charge is -1.80. The molecule has 0 unspecified atom stereocenters. The van der Waals surface area contributed by atoms with Gasteiger partial charge < -0.3 is 14.9 Å². The highest BCUT2D eigenvalue weighted by molar-refractivity contribution is 6.05. The molecule has 1 fully saturated rings. The van der Waals surface area contributed by atoms with Gasteiger partial charge in [-0.05, 0) is 0 Å². The van der Waals surface area contributed by atoms with E-state index in [0.717, 1.165) is 0 Å². The lowest BCUT2D eigenvalue weighted by atomic mass is 10.3. The summed E-state index contributed by atoms with van der Waals surface area (Å²) in [6, 6.07) is 0. The van der Waals surface area contributed by atoms with Crippen molar-refractivity contribution in [3.8, 4) is 0 Å². The van der Waals surface area contributed by atoms with E-state index >= 15 is 0 Å². The molecule has 0 saturated carbocycles. The van der Waals surface area contributed by atoms with Crippen LogP contribution in [0.25, 0.3) is 0 Å². The standard InChI is InChI=1S/C5H4O3.C4H4O4/c1-3-2-4(6)8-5(3)7;5-3(6)1-2-4(7)8/h1-2H2;1-2H,(H,5,6)(H,7,8)/b;2-1-. The van der Waals surface area contributed by atoms with Gasteiger partial charge in [-0.25, -0.2) is 14.4 Å². The van der Waals surface area contributed by atoms with Crippen molar-refractivity contribution in [3.05, 3.63) is 24.3 Å². The number of aliphatic carboxylic acids is 2. The lowest BCUT2D eigenvalue weighted by molar-refractivity contribution is -0.151. The molecule has 16 heavy (non-hydrogen) atoms. The van der Waals surface area contributed by atoms with E-state index in [1.807, 2.05) is 0 Å². The average Bonchev–Trinajstić information content (AvgIpc) is 2.42. The molecular formula is C9H8O7. The van der Waals surface area contributed by atoms with Crippen molar-refractivity contribution < 1.29 is 34.1 Å². The molecule has 0 aliphatic carbocycles. The van der Waals surface area contributed by atoms with Crippen molar-refractivity contribution in [1.82, 2.24) is 0 Å². The van der Waals surface area contributed by atoms with Crippen LogP contribution in [0.1, 0.15) is 6.42 Å². The highest BCUT2D eigenvalue weighted by Gasteiger charge is 2.24. The quantitative estimate of drug-likeness (QED) is 0.379. The molecule has 1 aliphatic heterocycles. The van der Waals surface area contributed by atoms with Gasteiger partial charge in [0.15, 0.2) is 0 Å². The summed E-state index contributed by atoms with van der Waals surface area (Å²) in [6.45, 7) is 3.29. The van der Waals surface area contributed by atoms with E-state index in [9.17, 15) is 19.2 Å². The average molecular weight is 228 g/mol. The van der Waals surface area contributed by atoms with Crippen LogP contribution in [0.3, 0.4) is 0 Å². The van der Waals surface area contributed by atoms with Gasteiger partial charge in [-0.15, -0.1) is 0 Å². The smallest absolute Gasteiger partial charge is 0.341 e. The Morgan fingerprint density at radius 3 is 1.75 bits per heavy atom. The van der Waals surface area contributed by atoms with Gasteiger partial charge in [0.1, 0.15) is 0 Å². The Labute approximate surface area is 89.6 Å². The second-order valence-electron chi connectivity index (χ2n) is 2.55. The number of ether oxygens (including phenoxy) is 1. The monoisotopic (exact) mass is 228 g/mol. The van der Waals surface area contributed by atoms with Crippen molar-refractivity contribution in [3.63, 3.8) is 0 Å². The van der Waals surface area contributed by atoms with Gasteiger partial charge >= 0.3 is 23.9 Å². The van der Waals surface area contributed by atoms with E-state index in [1.165, 1.54) is 0 Å². The maximum atomic E-state index is 10.2. The number of carbonyl (C=O) groups excluding carboxylic acids is 2. The van der Waals surface area contributed by atoms with Crippen LogP contribution in [0.2, 0.25) is 0 Å². The van der Waals surface area contributed by atoms with Gasteiger partial charge in [0.05, 0.1) is 6.42 Å². The van der Waals surface area contributed by atoms with E-state index in [2.05, 4.69) is 11.3 Å². The van der Waals surface area contributed by atoms with Crippen LogP contribution in [0, 0.1) is 0 Å². The maximum absolute atomic E-state index is 10.2. The first-order valence-electron chi connectivity index (χ1n) is 3.89. The number of esters is 2. The summed E-state index contributed by atoms with van der Waals surface area (Å²) in [5.74, 6) is -3.60. The second kappa shape index (κ2) is 6.12. The van der Waals surface area contributed by atoms with Gasteiger partial charge in [-0.3, -0.25) is 4.79 Å². The van der Waals surface area contributed by atoms with Gasteiger partial charge in [0, 0.05) is 17.7 Å². The summed E-state index contributed by atoms with van der Waals surface area (Å²) in [6.07, 6.45) is 1.17. The van der Waals surface area contributed by atoms with Crippen LogP contribution in [0.4, 0.5) is 0 Å². The van der Waals surface area contributed by atoms with Crippen molar-refractivity contribution in [2.24, 2.45) is 0 Å². The third-order valence-electron chi connectivity index (χ3n) is 1.22. The lowest BCUT2D eigenvalue weighted by Crippen LogP contribution is -1.95. The minimum absolute atomic E-state index is 0.0544. The molecule has 0 aromatic rings.